The van der Waals surface area contributed by atoms with Crippen LogP contribution in [0.5, 0.6) is 0 Å². The third-order valence-corrected chi connectivity index (χ3v) is 5.61. The monoisotopic (exact) mass is 406 g/mol. The van der Waals surface area contributed by atoms with Crippen molar-refractivity contribution in [3.63, 3.8) is 0 Å². The first-order valence-electron chi connectivity index (χ1n) is 9.55. The number of carbonyl (C=O) groups excluding carboxylic acids is 1. The van der Waals surface area contributed by atoms with Gasteiger partial charge in [0, 0.05) is 17.5 Å². The van der Waals surface area contributed by atoms with E-state index in [1.165, 1.54) is 11.8 Å². The van der Waals surface area contributed by atoms with E-state index >= 15 is 0 Å². The van der Waals surface area contributed by atoms with E-state index in [4.69, 9.17) is 4.42 Å². The Hall–Kier alpha value is -3.06. The number of carbonyl (C=O) groups is 1. The molecule has 0 fully saturated rings. The van der Waals surface area contributed by atoms with Crippen LogP contribution in [0, 0.1) is 0 Å². The number of nitrogens with one attached hydrogen (secondary N) is 1. The predicted molar refractivity (Wildman–Crippen MR) is 115 cm³/mol. The van der Waals surface area contributed by atoms with Gasteiger partial charge in [-0.3, -0.25) is 4.79 Å². The van der Waals surface area contributed by atoms with Crippen LogP contribution in [-0.2, 0) is 11.3 Å². The van der Waals surface area contributed by atoms with Crippen LogP contribution in [0.2, 0.25) is 0 Å². The fraction of sp³-hybridized carbons (Fsp3) is 0.227. The molecule has 2 heterocycles. The highest BCUT2D eigenvalue weighted by atomic mass is 32.2. The summed E-state index contributed by atoms with van der Waals surface area (Å²) >= 11 is 1.38. The highest BCUT2D eigenvalue weighted by Crippen LogP contribution is 2.25. The molecule has 29 heavy (non-hydrogen) atoms. The van der Waals surface area contributed by atoms with Gasteiger partial charge in [0.25, 0.3) is 0 Å². The first-order chi connectivity index (χ1) is 14.2. The van der Waals surface area contributed by atoms with Gasteiger partial charge in [0.1, 0.15) is 11.3 Å². The maximum Gasteiger partial charge on any atom is 0.231 e. The first-order valence-corrected chi connectivity index (χ1v) is 10.5. The van der Waals surface area contributed by atoms with E-state index in [0.29, 0.717) is 0 Å². The third-order valence-electron chi connectivity index (χ3n) is 4.65. The maximum atomic E-state index is 12.5. The number of para-hydroxylation sites is 1. The zero-order valence-electron chi connectivity index (χ0n) is 16.3. The summed E-state index contributed by atoms with van der Waals surface area (Å²) in [4.78, 5) is 12.5. The number of rotatable bonds is 7. The summed E-state index contributed by atoms with van der Waals surface area (Å²) in [6.07, 6.45) is 0. The van der Waals surface area contributed by atoms with Crippen molar-refractivity contribution in [1.29, 1.82) is 0 Å². The Morgan fingerprint density at radius 2 is 1.90 bits per heavy atom. The molecule has 2 aromatic heterocycles. The molecule has 4 rings (SSSR count). The number of aromatic nitrogens is 3. The summed E-state index contributed by atoms with van der Waals surface area (Å²) in [5, 5.41) is 13.3. The second-order valence-corrected chi connectivity index (χ2v) is 7.62. The lowest BCUT2D eigenvalue weighted by molar-refractivity contribution is -0.119. The summed E-state index contributed by atoms with van der Waals surface area (Å²) in [5.41, 5.74) is 1.83. The molecule has 2 aromatic carbocycles. The fourth-order valence-corrected chi connectivity index (χ4v) is 3.99. The van der Waals surface area contributed by atoms with E-state index in [0.717, 1.165) is 39.8 Å². The Morgan fingerprint density at radius 3 is 2.66 bits per heavy atom. The van der Waals surface area contributed by atoms with Gasteiger partial charge in [0.2, 0.25) is 5.91 Å². The molecule has 0 radical (unpaired) electrons. The first kappa shape index (κ1) is 19.3. The lowest BCUT2D eigenvalue weighted by Crippen LogP contribution is -2.28. The molecule has 0 aliphatic heterocycles. The molecule has 1 N–H and O–H groups in total. The highest BCUT2D eigenvalue weighted by molar-refractivity contribution is 7.99. The molecule has 1 amide bonds. The van der Waals surface area contributed by atoms with Gasteiger partial charge in [-0.25, -0.2) is 0 Å². The van der Waals surface area contributed by atoms with Crippen molar-refractivity contribution < 1.29 is 9.21 Å². The normalized spacial score (nSPS) is 12.2. The topological polar surface area (TPSA) is 73.0 Å². The van der Waals surface area contributed by atoms with Crippen molar-refractivity contribution in [3.8, 4) is 11.4 Å². The minimum absolute atomic E-state index is 0.0742. The van der Waals surface area contributed by atoms with E-state index in [1.807, 2.05) is 79.1 Å². The molecule has 0 aliphatic rings. The summed E-state index contributed by atoms with van der Waals surface area (Å²) in [7, 11) is 0. The molecule has 0 bridgehead atoms. The van der Waals surface area contributed by atoms with Crippen LogP contribution < -0.4 is 5.32 Å². The Balaban J connectivity index is 1.40. The number of amides is 1. The fourth-order valence-electron chi connectivity index (χ4n) is 3.18. The van der Waals surface area contributed by atoms with Crippen molar-refractivity contribution >= 4 is 28.6 Å². The van der Waals surface area contributed by atoms with E-state index in [9.17, 15) is 4.79 Å². The van der Waals surface area contributed by atoms with Gasteiger partial charge in [-0.05, 0) is 26.0 Å². The SMILES string of the molecule is CCn1c(SCC(=O)N[C@@H](C)c2cc3ccccc3o2)nnc1-c1ccccc1. The largest absolute Gasteiger partial charge is 0.459 e. The summed E-state index contributed by atoms with van der Waals surface area (Å²) in [6, 6.07) is 19.5. The molecule has 148 valence electrons. The van der Waals surface area contributed by atoms with Crippen LogP contribution in [0.3, 0.4) is 0 Å². The molecular weight excluding hydrogens is 384 g/mol. The quantitative estimate of drug-likeness (QED) is 0.451. The third kappa shape index (κ3) is 4.19. The number of hydrogen-bond donors (Lipinski definition) is 1. The summed E-state index contributed by atoms with van der Waals surface area (Å²) in [5.74, 6) is 1.74. The molecule has 0 unspecified atom stereocenters. The Bertz CT molecular complexity index is 1090. The summed E-state index contributed by atoms with van der Waals surface area (Å²) < 4.78 is 7.86. The number of benzene rings is 2. The predicted octanol–water partition coefficient (Wildman–Crippen LogP) is 4.68. The molecular formula is C22H22N4O2S. The van der Waals surface area contributed by atoms with Crippen molar-refractivity contribution in [1.82, 2.24) is 20.1 Å². The van der Waals surface area contributed by atoms with E-state index < -0.39 is 0 Å². The second-order valence-electron chi connectivity index (χ2n) is 6.68. The number of hydrogen-bond acceptors (Lipinski definition) is 5. The molecule has 0 saturated heterocycles. The maximum absolute atomic E-state index is 12.5. The van der Waals surface area contributed by atoms with E-state index in [2.05, 4.69) is 15.5 Å². The number of thioether (sulfide) groups is 1. The number of nitrogens with zero attached hydrogens (tertiary/aromatic N) is 3. The number of fused-ring (bicyclic) bond motifs is 1. The lowest BCUT2D eigenvalue weighted by atomic mass is 10.2. The van der Waals surface area contributed by atoms with Gasteiger partial charge in [-0.1, -0.05) is 60.3 Å². The standard InChI is InChI=1S/C22H22N4O2S/c1-3-26-21(16-9-5-4-6-10-16)24-25-22(26)29-14-20(27)23-15(2)19-13-17-11-7-8-12-18(17)28-19/h4-13,15H,3,14H2,1-2H3,(H,23,27)/t15-/m0/s1. The lowest BCUT2D eigenvalue weighted by Gasteiger charge is -2.11. The van der Waals surface area contributed by atoms with Crippen molar-refractivity contribution in [2.24, 2.45) is 0 Å². The van der Waals surface area contributed by atoms with Crippen LogP contribution >= 0.6 is 11.8 Å². The molecule has 6 nitrogen and oxygen atoms in total. The zero-order valence-corrected chi connectivity index (χ0v) is 17.1. The smallest absolute Gasteiger partial charge is 0.231 e. The Kier molecular flexibility index (Phi) is 5.67. The van der Waals surface area contributed by atoms with Crippen molar-refractivity contribution in [2.75, 3.05) is 5.75 Å². The van der Waals surface area contributed by atoms with Crippen molar-refractivity contribution in [3.05, 3.63) is 66.4 Å². The van der Waals surface area contributed by atoms with Crippen LogP contribution in [0.1, 0.15) is 25.6 Å². The molecule has 0 saturated carbocycles. The van der Waals surface area contributed by atoms with Gasteiger partial charge in [-0.15, -0.1) is 10.2 Å². The van der Waals surface area contributed by atoms with Crippen LogP contribution in [0.4, 0.5) is 0 Å². The summed E-state index contributed by atoms with van der Waals surface area (Å²) in [6.45, 7) is 4.70. The van der Waals surface area contributed by atoms with Crippen LogP contribution in [0.25, 0.3) is 22.4 Å². The van der Waals surface area contributed by atoms with Crippen molar-refractivity contribution in [2.45, 2.75) is 31.6 Å². The van der Waals surface area contributed by atoms with Gasteiger partial charge < -0.3 is 14.3 Å². The average Bonchev–Trinajstić information content (AvgIpc) is 3.36. The van der Waals surface area contributed by atoms with Gasteiger partial charge in [-0.2, -0.15) is 0 Å². The molecule has 7 heteroatoms. The van der Waals surface area contributed by atoms with Gasteiger partial charge >= 0.3 is 0 Å². The Labute approximate surface area is 173 Å². The average molecular weight is 407 g/mol. The van der Waals surface area contributed by atoms with Crippen LogP contribution in [0.15, 0.2) is 70.2 Å². The molecule has 4 aromatic rings. The second kappa shape index (κ2) is 8.53. The van der Waals surface area contributed by atoms with E-state index in [-0.39, 0.29) is 17.7 Å². The highest BCUT2D eigenvalue weighted by Gasteiger charge is 2.17. The Morgan fingerprint density at radius 1 is 1.14 bits per heavy atom. The zero-order chi connectivity index (χ0) is 20.2. The van der Waals surface area contributed by atoms with Crippen LogP contribution in [-0.4, -0.2) is 26.4 Å². The molecule has 0 spiro atoms. The van der Waals surface area contributed by atoms with E-state index in [1.54, 1.807) is 0 Å². The molecule has 0 aliphatic carbocycles. The van der Waals surface area contributed by atoms with Gasteiger partial charge in [0.05, 0.1) is 11.8 Å². The molecule has 1 atom stereocenters. The minimum Gasteiger partial charge on any atom is -0.459 e. The number of furan rings is 1. The van der Waals surface area contributed by atoms with Gasteiger partial charge in [0.15, 0.2) is 11.0 Å². The minimum atomic E-state index is -0.209.